The number of nitrogens with one attached hydrogen (secondary N) is 1. The van der Waals surface area contributed by atoms with E-state index in [2.05, 4.69) is 14.9 Å². The van der Waals surface area contributed by atoms with E-state index in [4.69, 9.17) is 4.42 Å². The maximum Gasteiger partial charge on any atom is 0.264 e. The summed E-state index contributed by atoms with van der Waals surface area (Å²) in [6.07, 6.45) is 0.584. The number of aromatic nitrogens is 3. The van der Waals surface area contributed by atoms with Gasteiger partial charge in [-0.3, -0.25) is 4.72 Å². The molecule has 0 unspecified atom stereocenters. The standard InChI is InChI=1S/C18H21FN4O3S/c1-6-15-20-21-18(26-15)16-11(3)17(12(4)23(16)5)27(24,25)22-13-8-7-10(2)14(19)9-13/h7-9,22H,6H2,1-5H3. The van der Waals surface area contributed by atoms with Gasteiger partial charge in [0.2, 0.25) is 5.89 Å². The van der Waals surface area contributed by atoms with E-state index in [-0.39, 0.29) is 16.5 Å². The number of hydrogen-bond donors (Lipinski definition) is 1. The topological polar surface area (TPSA) is 90.0 Å². The molecule has 0 amide bonds. The van der Waals surface area contributed by atoms with Crippen molar-refractivity contribution in [3.8, 4) is 11.6 Å². The molecule has 3 aromatic rings. The summed E-state index contributed by atoms with van der Waals surface area (Å²) in [5, 5.41) is 7.96. The first-order chi connectivity index (χ1) is 12.7. The second-order valence-electron chi connectivity index (χ2n) is 6.37. The van der Waals surface area contributed by atoms with Crippen molar-refractivity contribution in [2.45, 2.75) is 39.0 Å². The van der Waals surface area contributed by atoms with Crippen molar-refractivity contribution < 1.29 is 17.2 Å². The molecule has 0 fully saturated rings. The maximum absolute atomic E-state index is 13.8. The molecule has 0 aliphatic carbocycles. The number of rotatable bonds is 5. The molecule has 0 radical (unpaired) electrons. The Morgan fingerprint density at radius 2 is 1.93 bits per heavy atom. The SMILES string of the molecule is CCc1nnc(-c2c(C)c(S(=O)(=O)Nc3ccc(C)c(F)c3)c(C)n2C)o1. The smallest absolute Gasteiger partial charge is 0.264 e. The van der Waals surface area contributed by atoms with Crippen LogP contribution in [-0.2, 0) is 23.5 Å². The van der Waals surface area contributed by atoms with Crippen LogP contribution < -0.4 is 4.72 Å². The van der Waals surface area contributed by atoms with Crippen molar-refractivity contribution in [2.24, 2.45) is 7.05 Å². The number of aryl methyl sites for hydroxylation is 2. The minimum atomic E-state index is -3.94. The highest BCUT2D eigenvalue weighted by Crippen LogP contribution is 2.33. The molecule has 0 spiro atoms. The molecule has 3 rings (SSSR count). The van der Waals surface area contributed by atoms with E-state index in [1.165, 1.54) is 12.1 Å². The molecule has 1 aromatic carbocycles. The number of hydrogen-bond acceptors (Lipinski definition) is 5. The van der Waals surface area contributed by atoms with Gasteiger partial charge in [-0.1, -0.05) is 13.0 Å². The molecule has 9 heteroatoms. The summed E-state index contributed by atoms with van der Waals surface area (Å²) in [5.41, 5.74) is 2.14. The van der Waals surface area contributed by atoms with Crippen LogP contribution in [0, 0.1) is 26.6 Å². The third-order valence-corrected chi connectivity index (χ3v) is 6.17. The molecule has 0 bridgehead atoms. The minimum absolute atomic E-state index is 0.109. The molecule has 2 aromatic heterocycles. The zero-order valence-electron chi connectivity index (χ0n) is 15.8. The Kier molecular flexibility index (Phi) is 4.81. The van der Waals surface area contributed by atoms with Crippen molar-refractivity contribution in [3.63, 3.8) is 0 Å². The van der Waals surface area contributed by atoms with E-state index in [9.17, 15) is 12.8 Å². The van der Waals surface area contributed by atoms with E-state index in [1.807, 2.05) is 6.92 Å². The molecule has 0 saturated carbocycles. The first-order valence-corrected chi connectivity index (χ1v) is 9.91. The highest BCUT2D eigenvalue weighted by Gasteiger charge is 2.29. The fourth-order valence-corrected chi connectivity index (χ4v) is 4.57. The Morgan fingerprint density at radius 3 is 2.52 bits per heavy atom. The van der Waals surface area contributed by atoms with Gasteiger partial charge in [-0.05, 0) is 38.5 Å². The molecule has 0 saturated heterocycles. The Morgan fingerprint density at radius 1 is 1.22 bits per heavy atom. The van der Waals surface area contributed by atoms with E-state index >= 15 is 0 Å². The zero-order valence-corrected chi connectivity index (χ0v) is 16.6. The van der Waals surface area contributed by atoms with Crippen LogP contribution in [0.5, 0.6) is 0 Å². The van der Waals surface area contributed by atoms with Crippen LogP contribution in [-0.4, -0.2) is 23.2 Å². The normalized spacial score (nSPS) is 11.8. The van der Waals surface area contributed by atoms with Crippen LogP contribution in [0.4, 0.5) is 10.1 Å². The second-order valence-corrected chi connectivity index (χ2v) is 7.99. The Labute approximate surface area is 157 Å². The zero-order chi connectivity index (χ0) is 19.9. The molecular formula is C18H21FN4O3S. The lowest BCUT2D eigenvalue weighted by molar-refractivity contribution is 0.508. The lowest BCUT2D eigenvalue weighted by atomic mass is 10.2. The second kappa shape index (κ2) is 6.80. The van der Waals surface area contributed by atoms with Gasteiger partial charge < -0.3 is 8.98 Å². The van der Waals surface area contributed by atoms with Gasteiger partial charge in [-0.2, -0.15) is 0 Å². The number of halogens is 1. The Hall–Kier alpha value is -2.68. The van der Waals surface area contributed by atoms with Gasteiger partial charge in [0.15, 0.2) is 0 Å². The molecular weight excluding hydrogens is 371 g/mol. The number of nitrogens with zero attached hydrogens (tertiary/aromatic N) is 3. The van der Waals surface area contributed by atoms with E-state index in [0.717, 1.165) is 6.07 Å². The first-order valence-electron chi connectivity index (χ1n) is 8.43. The third-order valence-electron chi connectivity index (χ3n) is 4.53. The van der Waals surface area contributed by atoms with Crippen molar-refractivity contribution >= 4 is 15.7 Å². The predicted octanol–water partition coefficient (Wildman–Crippen LogP) is 3.50. The molecule has 0 aliphatic rings. The van der Waals surface area contributed by atoms with Crippen molar-refractivity contribution in [1.82, 2.24) is 14.8 Å². The summed E-state index contributed by atoms with van der Waals surface area (Å²) in [5.74, 6) is 0.258. The number of sulfonamides is 1. The minimum Gasteiger partial charge on any atom is -0.419 e. The summed E-state index contributed by atoms with van der Waals surface area (Å²) >= 11 is 0. The lowest BCUT2D eigenvalue weighted by Crippen LogP contribution is -2.15. The molecule has 7 nitrogen and oxygen atoms in total. The Balaban J connectivity index is 2.08. The summed E-state index contributed by atoms with van der Waals surface area (Å²) in [4.78, 5) is 0.109. The fourth-order valence-electron chi connectivity index (χ4n) is 3.01. The molecule has 2 heterocycles. The van der Waals surface area contributed by atoms with Crippen LogP contribution in [0.25, 0.3) is 11.6 Å². The van der Waals surface area contributed by atoms with Crippen molar-refractivity contribution in [3.05, 3.63) is 46.7 Å². The monoisotopic (exact) mass is 392 g/mol. The van der Waals surface area contributed by atoms with Crippen molar-refractivity contribution in [2.75, 3.05) is 4.72 Å². The van der Waals surface area contributed by atoms with Gasteiger partial charge in [0.25, 0.3) is 15.9 Å². The van der Waals surface area contributed by atoms with Crippen LogP contribution >= 0.6 is 0 Å². The van der Waals surface area contributed by atoms with Crippen LogP contribution in [0.2, 0.25) is 0 Å². The third kappa shape index (κ3) is 3.34. The van der Waals surface area contributed by atoms with Gasteiger partial charge in [0.1, 0.15) is 16.4 Å². The van der Waals surface area contributed by atoms with Gasteiger partial charge in [-0.25, -0.2) is 12.8 Å². The highest BCUT2D eigenvalue weighted by molar-refractivity contribution is 7.92. The van der Waals surface area contributed by atoms with Crippen LogP contribution in [0.15, 0.2) is 27.5 Å². The highest BCUT2D eigenvalue weighted by atomic mass is 32.2. The predicted molar refractivity (Wildman–Crippen MR) is 99.5 cm³/mol. The summed E-state index contributed by atoms with van der Waals surface area (Å²) in [6.45, 7) is 6.88. The average Bonchev–Trinajstić information content (AvgIpc) is 3.14. The van der Waals surface area contributed by atoms with Gasteiger partial charge in [-0.15, -0.1) is 10.2 Å². The fraction of sp³-hybridized carbons (Fsp3) is 0.333. The maximum atomic E-state index is 13.8. The van der Waals surface area contributed by atoms with E-state index < -0.39 is 15.8 Å². The largest absolute Gasteiger partial charge is 0.419 e. The summed E-state index contributed by atoms with van der Waals surface area (Å²) < 4.78 is 49.5. The molecule has 0 aliphatic heterocycles. The van der Waals surface area contributed by atoms with Crippen LogP contribution in [0.1, 0.15) is 29.6 Å². The van der Waals surface area contributed by atoms with Crippen molar-refractivity contribution in [1.29, 1.82) is 0 Å². The summed E-state index contributed by atoms with van der Waals surface area (Å²) in [7, 11) is -2.21. The van der Waals surface area contributed by atoms with E-state index in [1.54, 1.807) is 32.4 Å². The first kappa shape index (κ1) is 19.1. The molecule has 0 atom stereocenters. The number of anilines is 1. The quantitative estimate of drug-likeness (QED) is 0.718. The average molecular weight is 392 g/mol. The van der Waals surface area contributed by atoms with Crippen LogP contribution in [0.3, 0.4) is 0 Å². The Bertz CT molecular complexity index is 1120. The molecule has 144 valence electrons. The van der Waals surface area contributed by atoms with Gasteiger partial charge in [0, 0.05) is 24.7 Å². The van der Waals surface area contributed by atoms with Gasteiger partial charge in [0.05, 0.1) is 5.69 Å². The molecule has 27 heavy (non-hydrogen) atoms. The lowest BCUT2D eigenvalue weighted by Gasteiger charge is -2.10. The summed E-state index contributed by atoms with van der Waals surface area (Å²) in [6, 6.07) is 4.21. The van der Waals surface area contributed by atoms with E-state index in [0.29, 0.717) is 34.8 Å². The molecule has 1 N–H and O–H groups in total. The number of benzene rings is 1. The van der Waals surface area contributed by atoms with Gasteiger partial charge >= 0.3 is 0 Å².